The number of para-hydroxylation sites is 1. The summed E-state index contributed by atoms with van der Waals surface area (Å²) in [5.74, 6) is 0.267. The second-order valence-electron chi connectivity index (χ2n) is 6.91. The number of nitro groups is 1. The number of morpholine rings is 1. The van der Waals surface area contributed by atoms with Crippen molar-refractivity contribution in [3.05, 3.63) is 75.6 Å². The van der Waals surface area contributed by atoms with E-state index in [4.69, 9.17) is 4.74 Å². The van der Waals surface area contributed by atoms with Crippen LogP contribution in [-0.4, -0.2) is 55.7 Å². The lowest BCUT2D eigenvalue weighted by Crippen LogP contribution is -2.46. The number of aliphatic imine (C=N–C) groups is 1. The molecule has 0 saturated carbocycles. The number of benzene rings is 2. The summed E-state index contributed by atoms with van der Waals surface area (Å²) in [6.45, 7) is 3.69. The standard InChI is InChI=1S/C21H26FN5O3/c1-23-21(24-14-17-4-2-3-5-19(17)27(28)29)25-15-20(26-10-12-30-13-11-26)16-6-8-18(22)9-7-16/h2-9,20H,10-15H2,1H3,(H2,23,24,25). The van der Waals surface area contributed by atoms with E-state index in [1.165, 1.54) is 18.2 Å². The van der Waals surface area contributed by atoms with Gasteiger partial charge in [0, 0.05) is 44.9 Å². The van der Waals surface area contributed by atoms with Gasteiger partial charge in [0.15, 0.2) is 5.96 Å². The van der Waals surface area contributed by atoms with E-state index in [0.29, 0.717) is 31.3 Å². The molecule has 0 radical (unpaired) electrons. The van der Waals surface area contributed by atoms with E-state index >= 15 is 0 Å². The molecule has 0 amide bonds. The Morgan fingerprint density at radius 3 is 2.57 bits per heavy atom. The Labute approximate surface area is 174 Å². The maximum absolute atomic E-state index is 13.4. The van der Waals surface area contributed by atoms with Gasteiger partial charge in [-0.25, -0.2) is 4.39 Å². The van der Waals surface area contributed by atoms with Gasteiger partial charge in [0.1, 0.15) is 5.82 Å². The topological polar surface area (TPSA) is 92.0 Å². The van der Waals surface area contributed by atoms with Gasteiger partial charge >= 0.3 is 0 Å². The van der Waals surface area contributed by atoms with Crippen molar-refractivity contribution in [2.24, 2.45) is 4.99 Å². The Morgan fingerprint density at radius 1 is 1.20 bits per heavy atom. The molecular formula is C21H26FN5O3. The molecule has 3 rings (SSSR count). The fraction of sp³-hybridized carbons (Fsp3) is 0.381. The van der Waals surface area contributed by atoms with Crippen LogP contribution in [0.15, 0.2) is 53.5 Å². The number of rotatable bonds is 7. The third-order valence-electron chi connectivity index (χ3n) is 5.06. The number of hydrogen-bond acceptors (Lipinski definition) is 5. The molecule has 30 heavy (non-hydrogen) atoms. The number of halogens is 1. The highest BCUT2D eigenvalue weighted by atomic mass is 19.1. The molecule has 1 fully saturated rings. The predicted molar refractivity (Wildman–Crippen MR) is 113 cm³/mol. The quantitative estimate of drug-likeness (QED) is 0.312. The second-order valence-corrected chi connectivity index (χ2v) is 6.91. The molecule has 0 aromatic heterocycles. The van der Waals surface area contributed by atoms with Crippen LogP contribution in [0.2, 0.25) is 0 Å². The van der Waals surface area contributed by atoms with Crippen LogP contribution in [0.3, 0.4) is 0 Å². The van der Waals surface area contributed by atoms with E-state index in [9.17, 15) is 14.5 Å². The minimum atomic E-state index is -0.393. The van der Waals surface area contributed by atoms with Gasteiger partial charge in [-0.3, -0.25) is 20.0 Å². The number of nitrogens with zero attached hydrogens (tertiary/aromatic N) is 3. The summed E-state index contributed by atoms with van der Waals surface area (Å²) in [4.78, 5) is 17.3. The molecule has 1 heterocycles. The number of hydrogen-bond donors (Lipinski definition) is 2. The molecule has 8 nitrogen and oxygen atoms in total. The first kappa shape index (κ1) is 21.7. The van der Waals surface area contributed by atoms with Crippen molar-refractivity contribution in [3.8, 4) is 0 Å². The summed E-state index contributed by atoms with van der Waals surface area (Å²) in [6, 6.07) is 13.1. The third kappa shape index (κ3) is 5.74. The van der Waals surface area contributed by atoms with Gasteiger partial charge in [-0.05, 0) is 17.7 Å². The fourth-order valence-corrected chi connectivity index (χ4v) is 3.46. The van der Waals surface area contributed by atoms with Gasteiger partial charge in [0.2, 0.25) is 0 Å². The number of nitrogens with one attached hydrogen (secondary N) is 2. The van der Waals surface area contributed by atoms with Gasteiger partial charge in [-0.15, -0.1) is 0 Å². The highest BCUT2D eigenvalue weighted by molar-refractivity contribution is 5.79. The Balaban J connectivity index is 1.66. The molecule has 1 aliphatic rings. The molecule has 160 valence electrons. The maximum atomic E-state index is 13.4. The first-order valence-electron chi connectivity index (χ1n) is 9.82. The van der Waals surface area contributed by atoms with Gasteiger partial charge in [-0.1, -0.05) is 30.3 Å². The lowest BCUT2D eigenvalue weighted by Gasteiger charge is -2.35. The molecule has 0 aliphatic carbocycles. The first-order valence-corrected chi connectivity index (χ1v) is 9.82. The highest BCUT2D eigenvalue weighted by Gasteiger charge is 2.23. The van der Waals surface area contributed by atoms with Crippen molar-refractivity contribution >= 4 is 11.6 Å². The second kappa shape index (κ2) is 10.7. The lowest BCUT2D eigenvalue weighted by atomic mass is 10.0. The summed E-state index contributed by atoms with van der Waals surface area (Å²) in [5.41, 5.74) is 1.65. The van der Waals surface area contributed by atoms with Crippen LogP contribution in [-0.2, 0) is 11.3 Å². The van der Waals surface area contributed by atoms with Gasteiger partial charge in [0.05, 0.1) is 24.2 Å². The van der Waals surface area contributed by atoms with Gasteiger partial charge in [0.25, 0.3) is 5.69 Å². The normalized spacial score (nSPS) is 16.1. The first-order chi connectivity index (χ1) is 14.6. The van der Waals surface area contributed by atoms with Crippen molar-refractivity contribution in [2.75, 3.05) is 39.9 Å². The summed E-state index contributed by atoms with van der Waals surface area (Å²) >= 11 is 0. The summed E-state index contributed by atoms with van der Waals surface area (Å²) < 4.78 is 18.8. The maximum Gasteiger partial charge on any atom is 0.274 e. The van der Waals surface area contributed by atoms with E-state index in [1.807, 2.05) is 0 Å². The van der Waals surface area contributed by atoms with Gasteiger partial charge in [-0.2, -0.15) is 0 Å². The van der Waals surface area contributed by atoms with E-state index in [0.717, 1.165) is 18.7 Å². The molecular weight excluding hydrogens is 389 g/mol. The zero-order valence-electron chi connectivity index (χ0n) is 16.9. The van der Waals surface area contributed by atoms with Crippen LogP contribution in [0.1, 0.15) is 17.2 Å². The smallest absolute Gasteiger partial charge is 0.274 e. The Hall–Kier alpha value is -3.04. The Kier molecular flexibility index (Phi) is 7.69. The monoisotopic (exact) mass is 415 g/mol. The summed E-state index contributed by atoms with van der Waals surface area (Å²) in [6.07, 6.45) is 0. The SMILES string of the molecule is CN=C(NCc1ccccc1[N+](=O)[O-])NCC(c1ccc(F)cc1)N1CCOCC1. The third-order valence-corrected chi connectivity index (χ3v) is 5.06. The number of nitro benzene ring substituents is 1. The zero-order valence-corrected chi connectivity index (χ0v) is 16.9. The van der Waals surface area contributed by atoms with Crippen LogP contribution >= 0.6 is 0 Å². The van der Waals surface area contributed by atoms with Crippen molar-refractivity contribution < 1.29 is 14.1 Å². The summed E-state index contributed by atoms with van der Waals surface area (Å²) in [7, 11) is 1.65. The lowest BCUT2D eigenvalue weighted by molar-refractivity contribution is -0.385. The van der Waals surface area contributed by atoms with Crippen molar-refractivity contribution in [3.63, 3.8) is 0 Å². The minimum Gasteiger partial charge on any atom is -0.379 e. The predicted octanol–water partition coefficient (Wildman–Crippen LogP) is 2.47. The van der Waals surface area contributed by atoms with E-state index in [2.05, 4.69) is 20.5 Å². The van der Waals surface area contributed by atoms with Crippen LogP contribution in [0.5, 0.6) is 0 Å². The van der Waals surface area contributed by atoms with Crippen LogP contribution in [0.25, 0.3) is 0 Å². The number of guanidine groups is 1. The fourth-order valence-electron chi connectivity index (χ4n) is 3.46. The zero-order chi connectivity index (χ0) is 21.3. The van der Waals surface area contributed by atoms with Crippen LogP contribution in [0.4, 0.5) is 10.1 Å². The van der Waals surface area contributed by atoms with E-state index < -0.39 is 4.92 Å². The number of ether oxygens (including phenoxy) is 1. The minimum absolute atomic E-state index is 0.0131. The molecule has 1 unspecified atom stereocenters. The largest absolute Gasteiger partial charge is 0.379 e. The molecule has 2 aromatic carbocycles. The van der Waals surface area contributed by atoms with E-state index in [-0.39, 0.29) is 24.1 Å². The molecule has 1 atom stereocenters. The Morgan fingerprint density at radius 2 is 1.90 bits per heavy atom. The molecule has 2 aromatic rings. The summed E-state index contributed by atoms with van der Waals surface area (Å²) in [5, 5.41) is 17.6. The van der Waals surface area contributed by atoms with Crippen LogP contribution in [0, 0.1) is 15.9 Å². The molecule has 0 bridgehead atoms. The molecule has 2 N–H and O–H groups in total. The van der Waals surface area contributed by atoms with Crippen molar-refractivity contribution in [1.82, 2.24) is 15.5 Å². The highest BCUT2D eigenvalue weighted by Crippen LogP contribution is 2.22. The average Bonchev–Trinajstić information content (AvgIpc) is 2.78. The molecule has 1 saturated heterocycles. The molecule has 0 spiro atoms. The van der Waals surface area contributed by atoms with Gasteiger partial charge < -0.3 is 15.4 Å². The van der Waals surface area contributed by atoms with E-state index in [1.54, 1.807) is 37.4 Å². The van der Waals surface area contributed by atoms with Crippen molar-refractivity contribution in [2.45, 2.75) is 12.6 Å². The average molecular weight is 415 g/mol. The molecule has 1 aliphatic heterocycles. The van der Waals surface area contributed by atoms with Crippen LogP contribution < -0.4 is 10.6 Å². The molecule has 9 heteroatoms. The Bertz CT molecular complexity index is 869. The van der Waals surface area contributed by atoms with Crippen molar-refractivity contribution in [1.29, 1.82) is 0 Å².